The van der Waals surface area contributed by atoms with Crippen LogP contribution < -0.4 is 25.0 Å². The zero-order valence-electron chi connectivity index (χ0n) is 29.1. The van der Waals surface area contributed by atoms with Crippen LogP contribution in [0, 0.1) is 11.3 Å². The first-order chi connectivity index (χ1) is 25.3. The van der Waals surface area contributed by atoms with E-state index in [-0.39, 0.29) is 24.7 Å². The fourth-order valence-corrected chi connectivity index (χ4v) is 6.13. The zero-order valence-corrected chi connectivity index (χ0v) is 29.1. The second-order valence-corrected chi connectivity index (χ2v) is 12.5. The quantitative estimate of drug-likeness (QED) is 0.0540. The predicted molar refractivity (Wildman–Crippen MR) is 197 cm³/mol. The third-order valence-electron chi connectivity index (χ3n) is 9.00. The van der Waals surface area contributed by atoms with Crippen LogP contribution in [-0.4, -0.2) is 58.6 Å². The lowest BCUT2D eigenvalue weighted by Crippen LogP contribution is -2.34. The maximum absolute atomic E-state index is 13.9. The Kier molecular flexibility index (Phi) is 11.4. The fraction of sp³-hybridized carbons (Fsp3) is 0.282. The first kappa shape index (κ1) is 35.6. The number of amidine groups is 1. The molecule has 3 N–H and O–H groups in total. The van der Waals surface area contributed by atoms with E-state index >= 15 is 0 Å². The number of benzene rings is 3. The third kappa shape index (κ3) is 8.73. The topological polar surface area (TPSA) is 161 Å². The number of hydrogen-bond acceptors (Lipinski definition) is 10. The maximum atomic E-state index is 13.9. The van der Waals surface area contributed by atoms with Gasteiger partial charge >= 0.3 is 12.1 Å². The summed E-state index contributed by atoms with van der Waals surface area (Å²) in [4.78, 5) is 49.5. The van der Waals surface area contributed by atoms with Crippen LogP contribution in [0.5, 0.6) is 11.5 Å². The van der Waals surface area contributed by atoms with Gasteiger partial charge in [0.1, 0.15) is 17.5 Å². The molecule has 1 aliphatic carbocycles. The fourth-order valence-electron chi connectivity index (χ4n) is 6.13. The van der Waals surface area contributed by atoms with Crippen molar-refractivity contribution in [3.63, 3.8) is 0 Å². The number of para-hydroxylation sites is 2. The van der Waals surface area contributed by atoms with E-state index in [1.807, 2.05) is 29.8 Å². The lowest BCUT2D eigenvalue weighted by molar-refractivity contribution is -0.134. The zero-order chi connectivity index (χ0) is 36.5. The molecule has 0 unspecified atom stereocenters. The Hall–Kier alpha value is -6.24. The van der Waals surface area contributed by atoms with Gasteiger partial charge in [0.15, 0.2) is 11.5 Å². The number of esters is 1. The number of nitrogens with one attached hydrogen (secondary N) is 3. The molecule has 0 bridgehead atoms. The number of fused-ring (bicyclic) bond motifs is 1. The van der Waals surface area contributed by atoms with Crippen molar-refractivity contribution in [3.8, 4) is 11.5 Å². The van der Waals surface area contributed by atoms with E-state index in [1.165, 1.54) is 24.9 Å². The lowest BCUT2D eigenvalue weighted by Gasteiger charge is -2.21. The monoisotopic (exact) mass is 703 g/mol. The van der Waals surface area contributed by atoms with Crippen LogP contribution in [0.1, 0.15) is 53.8 Å². The Balaban J connectivity index is 1.08. The maximum Gasteiger partial charge on any atom is 0.412 e. The van der Waals surface area contributed by atoms with Crippen molar-refractivity contribution < 1.29 is 28.6 Å². The average Bonchev–Trinajstić information content (AvgIpc) is 3.81. The van der Waals surface area contributed by atoms with Crippen LogP contribution in [0.2, 0.25) is 0 Å². The molecule has 6 rings (SSSR count). The number of methoxy groups -OCH3 is 1. The predicted octanol–water partition coefficient (Wildman–Crippen LogP) is 6.47. The van der Waals surface area contributed by atoms with E-state index in [9.17, 15) is 14.4 Å². The van der Waals surface area contributed by atoms with Crippen molar-refractivity contribution >= 4 is 46.3 Å². The highest BCUT2D eigenvalue weighted by atomic mass is 16.6. The number of carbonyl (C=O) groups excluding carboxylic acids is 3. The van der Waals surface area contributed by atoms with Crippen molar-refractivity contribution in [1.82, 2.24) is 19.9 Å². The van der Waals surface area contributed by atoms with E-state index in [0.717, 1.165) is 29.9 Å². The van der Waals surface area contributed by atoms with Gasteiger partial charge in [-0.3, -0.25) is 25.2 Å². The molecule has 13 heteroatoms. The third-order valence-corrected chi connectivity index (χ3v) is 9.00. The summed E-state index contributed by atoms with van der Waals surface area (Å²) >= 11 is 0. The number of imidazole rings is 1. The smallest absolute Gasteiger partial charge is 0.412 e. The highest BCUT2D eigenvalue weighted by Crippen LogP contribution is 2.27. The Morgan fingerprint density at radius 1 is 0.942 bits per heavy atom. The minimum absolute atomic E-state index is 0.0296. The average molecular weight is 704 g/mol. The largest absolute Gasteiger partial charge is 0.493 e. The van der Waals surface area contributed by atoms with Gasteiger partial charge in [0, 0.05) is 36.6 Å². The summed E-state index contributed by atoms with van der Waals surface area (Å²) < 4.78 is 18.1. The molecule has 0 saturated heterocycles. The molecule has 1 fully saturated rings. The number of alkyl carbamates (subject to hydrolysis) is 1. The molecule has 2 amide bonds. The number of pyridine rings is 1. The summed E-state index contributed by atoms with van der Waals surface area (Å²) in [6.45, 7) is 0.818. The van der Waals surface area contributed by atoms with E-state index in [1.54, 1.807) is 72.9 Å². The van der Waals surface area contributed by atoms with Gasteiger partial charge in [0.05, 0.1) is 37.7 Å². The van der Waals surface area contributed by atoms with Crippen molar-refractivity contribution in [2.45, 2.75) is 38.6 Å². The van der Waals surface area contributed by atoms with E-state index in [4.69, 9.17) is 24.6 Å². The van der Waals surface area contributed by atoms with E-state index in [2.05, 4.69) is 15.6 Å². The molecule has 13 nitrogen and oxygen atoms in total. The minimum atomic E-state index is -0.611. The van der Waals surface area contributed by atoms with Gasteiger partial charge in [0.2, 0.25) is 0 Å². The highest BCUT2D eigenvalue weighted by Gasteiger charge is 2.22. The van der Waals surface area contributed by atoms with Crippen LogP contribution in [-0.2, 0) is 23.1 Å². The summed E-state index contributed by atoms with van der Waals surface area (Å²) in [6.07, 6.45) is 5.40. The van der Waals surface area contributed by atoms with Crippen molar-refractivity contribution in [2.75, 3.05) is 30.5 Å². The van der Waals surface area contributed by atoms with Crippen LogP contribution in [0.3, 0.4) is 0 Å². The van der Waals surface area contributed by atoms with Gasteiger partial charge < -0.3 is 24.1 Å². The molecule has 0 radical (unpaired) electrons. The molecule has 268 valence electrons. The number of rotatable bonds is 13. The van der Waals surface area contributed by atoms with Gasteiger partial charge in [-0.1, -0.05) is 31.0 Å². The van der Waals surface area contributed by atoms with Gasteiger partial charge in [-0.15, -0.1) is 0 Å². The number of carbonyl (C=O) groups is 3. The summed E-state index contributed by atoms with van der Waals surface area (Å²) in [7, 11) is 3.40. The first-order valence-electron chi connectivity index (χ1n) is 17.2. The van der Waals surface area contributed by atoms with Crippen molar-refractivity contribution in [3.05, 3.63) is 108 Å². The second-order valence-electron chi connectivity index (χ2n) is 12.5. The minimum Gasteiger partial charge on any atom is -0.493 e. The summed E-state index contributed by atoms with van der Waals surface area (Å²) in [5.74, 6) is 1.40. The molecule has 0 atom stereocenters. The molecular formula is C39H41N7O6. The molecular weight excluding hydrogens is 662 g/mol. The SMILES string of the molecule is COc1ccccc1OC(=O)CCN(C(=O)c1ccc2c(c1)nc(CNc1ccc(C(=N)NC(=O)OCC3CCCC3)cc1)n2C)c1ccccn1. The van der Waals surface area contributed by atoms with Crippen molar-refractivity contribution in [1.29, 1.82) is 5.41 Å². The van der Waals surface area contributed by atoms with Gasteiger partial charge in [-0.2, -0.15) is 0 Å². The number of nitrogens with zero attached hydrogens (tertiary/aromatic N) is 4. The summed E-state index contributed by atoms with van der Waals surface area (Å²) in [6, 6.07) is 24.6. The number of hydrogen-bond donors (Lipinski definition) is 3. The number of aryl methyl sites for hydroxylation is 1. The normalized spacial score (nSPS) is 12.7. The highest BCUT2D eigenvalue weighted by molar-refractivity contribution is 6.07. The van der Waals surface area contributed by atoms with Gasteiger partial charge in [-0.05, 0) is 85.5 Å². The van der Waals surface area contributed by atoms with E-state index in [0.29, 0.717) is 53.0 Å². The van der Waals surface area contributed by atoms with Crippen LogP contribution in [0.15, 0.2) is 91.1 Å². The summed E-state index contributed by atoms with van der Waals surface area (Å²) in [5.41, 5.74) is 3.22. The Labute approximate surface area is 301 Å². The molecule has 2 aromatic heterocycles. The second kappa shape index (κ2) is 16.6. The first-order valence-corrected chi connectivity index (χ1v) is 17.2. The molecule has 0 aliphatic heterocycles. The van der Waals surface area contributed by atoms with Gasteiger partial charge in [-0.25, -0.2) is 14.8 Å². The molecule has 1 aliphatic rings. The molecule has 2 heterocycles. The van der Waals surface area contributed by atoms with Crippen LogP contribution in [0.25, 0.3) is 11.0 Å². The molecule has 52 heavy (non-hydrogen) atoms. The number of anilines is 2. The Morgan fingerprint density at radius 2 is 1.67 bits per heavy atom. The van der Waals surface area contributed by atoms with Gasteiger partial charge in [0.25, 0.3) is 5.91 Å². The Bertz CT molecular complexity index is 2040. The molecule has 5 aromatic rings. The summed E-state index contributed by atoms with van der Waals surface area (Å²) in [5, 5.41) is 14.1. The molecule has 3 aromatic carbocycles. The number of ether oxygens (including phenoxy) is 3. The Morgan fingerprint density at radius 3 is 2.40 bits per heavy atom. The lowest BCUT2D eigenvalue weighted by atomic mass is 10.1. The van der Waals surface area contributed by atoms with Crippen molar-refractivity contribution in [2.24, 2.45) is 13.0 Å². The number of aromatic nitrogens is 3. The van der Waals surface area contributed by atoms with Crippen LogP contribution >= 0.6 is 0 Å². The standard InChI is InChI=1S/C39H41N7O6/c1-45-31-19-16-28(38(48)46(34-13-7-8-21-41-34)22-20-36(47)52-33-12-6-5-11-32(33)50-2)23-30(31)43-35(45)24-42-29-17-14-27(15-18-29)37(40)44-39(49)51-25-26-9-3-4-10-26/h5-8,11-19,21,23,26,42H,3-4,9-10,20,22,24-25H2,1-2H3,(H2,40,44,49). The molecule has 1 saturated carbocycles. The number of amides is 2. The van der Waals surface area contributed by atoms with E-state index < -0.39 is 12.1 Å². The molecule has 0 spiro atoms. The van der Waals surface area contributed by atoms with Crippen LogP contribution in [0.4, 0.5) is 16.3 Å².